The van der Waals surface area contributed by atoms with Gasteiger partial charge < -0.3 is 15.3 Å². The summed E-state index contributed by atoms with van der Waals surface area (Å²) in [7, 11) is -3.34. The molecule has 1 aliphatic heterocycles. The molecule has 0 unspecified atom stereocenters. The molecule has 0 atom stereocenters. The van der Waals surface area contributed by atoms with Crippen LogP contribution in [0.25, 0.3) is 5.57 Å². The van der Waals surface area contributed by atoms with Crippen LogP contribution in [0.4, 0.5) is 10.5 Å². The van der Waals surface area contributed by atoms with E-state index in [1.54, 1.807) is 43.1 Å². The lowest BCUT2D eigenvalue weighted by Gasteiger charge is -2.27. The van der Waals surface area contributed by atoms with Crippen molar-refractivity contribution < 1.29 is 18.3 Å². The third kappa shape index (κ3) is 4.83. The molecule has 2 amide bonds. The molecule has 0 aliphatic carbocycles. The fourth-order valence-corrected chi connectivity index (χ4v) is 4.44. The molecule has 2 heterocycles. The second-order valence-corrected chi connectivity index (χ2v) is 10.2. The highest BCUT2D eigenvalue weighted by Crippen LogP contribution is 2.28. The number of nitrogens with one attached hydrogen (secondary N) is 1. The molecule has 0 radical (unpaired) electrons. The van der Waals surface area contributed by atoms with Gasteiger partial charge in [0.25, 0.3) is 0 Å². The van der Waals surface area contributed by atoms with Crippen molar-refractivity contribution in [2.45, 2.75) is 37.0 Å². The standard InChI is InChI=1S/C21H24ClN3O4S/c1-14(2)30(28,29)18-5-3-17(4-6-18)24-21(27)25-9-7-16(8-10-25)20-19(22)11-15(13-26)12-23-20/h3-7,11-12,14,26H,8-10,13H2,1-2H3,(H,24,27). The Kier molecular flexibility index (Phi) is 6.80. The summed E-state index contributed by atoms with van der Waals surface area (Å²) in [5.41, 5.74) is 2.79. The van der Waals surface area contributed by atoms with Gasteiger partial charge in [-0.15, -0.1) is 0 Å². The zero-order chi connectivity index (χ0) is 21.9. The number of pyridine rings is 1. The first-order chi connectivity index (χ1) is 14.2. The smallest absolute Gasteiger partial charge is 0.322 e. The Hall–Kier alpha value is -2.42. The van der Waals surface area contributed by atoms with Crippen molar-refractivity contribution >= 4 is 38.7 Å². The molecule has 0 fully saturated rings. The Morgan fingerprint density at radius 2 is 2.00 bits per heavy atom. The number of anilines is 1. The highest BCUT2D eigenvalue weighted by atomic mass is 35.5. The van der Waals surface area contributed by atoms with Crippen LogP contribution in [0.1, 0.15) is 31.5 Å². The van der Waals surface area contributed by atoms with E-state index in [0.717, 1.165) is 5.57 Å². The largest absolute Gasteiger partial charge is 0.392 e. The molecular weight excluding hydrogens is 426 g/mol. The number of sulfone groups is 1. The Morgan fingerprint density at radius 3 is 2.53 bits per heavy atom. The van der Waals surface area contributed by atoms with Gasteiger partial charge in [0, 0.05) is 25.0 Å². The Labute approximate surface area is 181 Å². The van der Waals surface area contributed by atoms with E-state index in [2.05, 4.69) is 10.3 Å². The van der Waals surface area contributed by atoms with Crippen LogP contribution in [-0.4, -0.2) is 47.8 Å². The molecule has 7 nitrogen and oxygen atoms in total. The number of carbonyl (C=O) groups is 1. The predicted octanol–water partition coefficient (Wildman–Crippen LogP) is 3.73. The number of carbonyl (C=O) groups excluding carboxylic acids is 1. The maximum atomic E-state index is 12.5. The van der Waals surface area contributed by atoms with Gasteiger partial charge >= 0.3 is 6.03 Å². The zero-order valence-electron chi connectivity index (χ0n) is 16.8. The Morgan fingerprint density at radius 1 is 1.30 bits per heavy atom. The first kappa shape index (κ1) is 22.3. The number of urea groups is 1. The van der Waals surface area contributed by atoms with Crippen LogP contribution in [0.3, 0.4) is 0 Å². The monoisotopic (exact) mass is 449 g/mol. The van der Waals surface area contributed by atoms with Crippen LogP contribution in [0.5, 0.6) is 0 Å². The topological polar surface area (TPSA) is 99.6 Å². The van der Waals surface area contributed by atoms with E-state index in [4.69, 9.17) is 16.7 Å². The molecule has 160 valence electrons. The lowest BCUT2D eigenvalue weighted by atomic mass is 10.0. The maximum absolute atomic E-state index is 12.5. The number of hydrogen-bond donors (Lipinski definition) is 2. The minimum absolute atomic E-state index is 0.121. The molecule has 3 rings (SSSR count). The quantitative estimate of drug-likeness (QED) is 0.724. The molecule has 0 saturated heterocycles. The maximum Gasteiger partial charge on any atom is 0.322 e. The van der Waals surface area contributed by atoms with E-state index in [0.29, 0.717) is 41.5 Å². The lowest BCUT2D eigenvalue weighted by molar-refractivity contribution is 0.217. The molecule has 2 N–H and O–H groups in total. The minimum atomic E-state index is -3.34. The molecule has 30 heavy (non-hydrogen) atoms. The molecule has 9 heteroatoms. The molecular formula is C21H24ClN3O4S. The number of aromatic nitrogens is 1. The number of aliphatic hydroxyl groups excluding tert-OH is 1. The number of hydrogen-bond acceptors (Lipinski definition) is 5. The first-order valence-electron chi connectivity index (χ1n) is 9.57. The van der Waals surface area contributed by atoms with E-state index >= 15 is 0 Å². The van der Waals surface area contributed by atoms with Gasteiger partial charge in [0.2, 0.25) is 0 Å². The van der Waals surface area contributed by atoms with Gasteiger partial charge in [0.15, 0.2) is 9.84 Å². The number of aliphatic hydroxyl groups is 1. The molecule has 0 bridgehead atoms. The molecule has 1 aromatic carbocycles. The predicted molar refractivity (Wildman–Crippen MR) is 117 cm³/mol. The van der Waals surface area contributed by atoms with Crippen LogP contribution in [-0.2, 0) is 16.4 Å². The fourth-order valence-electron chi connectivity index (χ4n) is 3.07. The number of benzene rings is 1. The van der Waals surface area contributed by atoms with Gasteiger partial charge in [0.05, 0.1) is 27.5 Å². The summed E-state index contributed by atoms with van der Waals surface area (Å²) in [6.45, 7) is 4.04. The molecule has 0 saturated carbocycles. The van der Waals surface area contributed by atoms with Gasteiger partial charge in [-0.3, -0.25) is 4.98 Å². The van der Waals surface area contributed by atoms with Crippen molar-refractivity contribution in [1.82, 2.24) is 9.88 Å². The van der Waals surface area contributed by atoms with Crippen molar-refractivity contribution in [1.29, 1.82) is 0 Å². The minimum Gasteiger partial charge on any atom is -0.392 e. The number of rotatable bonds is 5. The van der Waals surface area contributed by atoms with Crippen molar-refractivity contribution in [3.05, 3.63) is 58.9 Å². The van der Waals surface area contributed by atoms with E-state index in [-0.39, 0.29) is 17.5 Å². The summed E-state index contributed by atoms with van der Waals surface area (Å²) in [6, 6.07) is 7.60. The molecule has 2 aromatic rings. The number of halogens is 1. The van der Waals surface area contributed by atoms with E-state index in [1.807, 2.05) is 6.08 Å². The van der Waals surface area contributed by atoms with Crippen molar-refractivity contribution in [2.75, 3.05) is 18.4 Å². The summed E-state index contributed by atoms with van der Waals surface area (Å²) in [6.07, 6.45) is 4.10. The second-order valence-electron chi connectivity index (χ2n) is 7.31. The van der Waals surface area contributed by atoms with Crippen molar-refractivity contribution in [2.24, 2.45) is 0 Å². The summed E-state index contributed by atoms with van der Waals surface area (Å²) in [5, 5.41) is 11.9. The molecule has 1 aromatic heterocycles. The first-order valence-corrected chi connectivity index (χ1v) is 11.5. The van der Waals surface area contributed by atoms with Crippen molar-refractivity contribution in [3.63, 3.8) is 0 Å². The third-order valence-corrected chi connectivity index (χ3v) is 7.39. The van der Waals surface area contributed by atoms with Crippen LogP contribution in [0, 0.1) is 0 Å². The Bertz CT molecular complexity index is 1070. The highest BCUT2D eigenvalue weighted by Gasteiger charge is 2.21. The van der Waals surface area contributed by atoms with Gasteiger partial charge in [0.1, 0.15) is 0 Å². The highest BCUT2D eigenvalue weighted by molar-refractivity contribution is 7.92. The average molecular weight is 450 g/mol. The van der Waals surface area contributed by atoms with Gasteiger partial charge in [-0.1, -0.05) is 17.7 Å². The van der Waals surface area contributed by atoms with Crippen LogP contribution >= 0.6 is 11.6 Å². The molecule has 1 aliphatic rings. The number of nitrogens with zero attached hydrogens (tertiary/aromatic N) is 2. The van der Waals surface area contributed by atoms with Gasteiger partial charge in [-0.05, 0) is 61.7 Å². The Balaban J connectivity index is 1.64. The SMILES string of the molecule is CC(C)S(=O)(=O)c1ccc(NC(=O)N2CC=C(c3ncc(CO)cc3Cl)CC2)cc1. The average Bonchev–Trinajstić information content (AvgIpc) is 2.74. The summed E-state index contributed by atoms with van der Waals surface area (Å²) in [4.78, 5) is 18.8. The summed E-state index contributed by atoms with van der Waals surface area (Å²) < 4.78 is 24.4. The lowest BCUT2D eigenvalue weighted by Crippen LogP contribution is -2.38. The summed E-state index contributed by atoms with van der Waals surface area (Å²) in [5.74, 6) is 0. The third-order valence-electron chi connectivity index (χ3n) is 4.94. The molecule has 0 spiro atoms. The van der Waals surface area contributed by atoms with Crippen LogP contribution in [0.15, 0.2) is 47.5 Å². The fraction of sp³-hybridized carbons (Fsp3) is 0.333. The van der Waals surface area contributed by atoms with Crippen LogP contribution in [0.2, 0.25) is 5.02 Å². The summed E-state index contributed by atoms with van der Waals surface area (Å²) >= 11 is 6.26. The normalized spacial score (nSPS) is 14.6. The zero-order valence-corrected chi connectivity index (χ0v) is 18.4. The van der Waals surface area contributed by atoms with E-state index < -0.39 is 15.1 Å². The van der Waals surface area contributed by atoms with Crippen molar-refractivity contribution in [3.8, 4) is 0 Å². The second kappa shape index (κ2) is 9.16. The van der Waals surface area contributed by atoms with Gasteiger partial charge in [-0.25, -0.2) is 13.2 Å². The van der Waals surface area contributed by atoms with Gasteiger partial charge in [-0.2, -0.15) is 0 Å². The van der Waals surface area contributed by atoms with E-state index in [9.17, 15) is 13.2 Å². The van der Waals surface area contributed by atoms with E-state index in [1.165, 1.54) is 12.1 Å². The van der Waals surface area contributed by atoms with Crippen LogP contribution < -0.4 is 5.32 Å². The number of amides is 2.